The van der Waals surface area contributed by atoms with Gasteiger partial charge in [-0.1, -0.05) is 30.3 Å². The van der Waals surface area contributed by atoms with Gasteiger partial charge in [-0.15, -0.1) is 0 Å². The Labute approximate surface area is 134 Å². The maximum atomic E-state index is 5.14. The van der Waals surface area contributed by atoms with E-state index >= 15 is 0 Å². The summed E-state index contributed by atoms with van der Waals surface area (Å²) in [6.45, 7) is 0. The SMILES string of the molecule is COc1ccc(/C=N/NC2=Nc3cccc4cccc2c34)cc1. The number of nitrogens with zero attached hydrogens (tertiary/aromatic N) is 2. The standard InChI is InChI=1S/C19H15N3O/c1-23-15-10-8-13(9-11-15)12-20-22-19-16-6-2-4-14-5-3-7-17(21-19)18(14)16/h2-12H,1H3,(H,21,22)/b20-12+. The fraction of sp³-hybridized carbons (Fsp3) is 0.0526. The molecule has 0 aromatic heterocycles. The first kappa shape index (κ1) is 13.5. The zero-order valence-corrected chi connectivity index (χ0v) is 12.7. The highest BCUT2D eigenvalue weighted by molar-refractivity contribution is 6.18. The van der Waals surface area contributed by atoms with Crippen LogP contribution in [0.2, 0.25) is 0 Å². The Morgan fingerprint density at radius 2 is 1.78 bits per heavy atom. The summed E-state index contributed by atoms with van der Waals surface area (Å²) in [5.74, 6) is 1.61. The van der Waals surface area contributed by atoms with Crippen LogP contribution in [0.25, 0.3) is 10.8 Å². The molecule has 0 amide bonds. The van der Waals surface area contributed by atoms with E-state index in [9.17, 15) is 0 Å². The molecule has 0 saturated heterocycles. The second-order valence-corrected chi connectivity index (χ2v) is 5.28. The quantitative estimate of drug-likeness (QED) is 0.590. The molecule has 0 spiro atoms. The number of hydrazone groups is 1. The van der Waals surface area contributed by atoms with Crippen molar-refractivity contribution in [2.45, 2.75) is 0 Å². The van der Waals surface area contributed by atoms with E-state index < -0.39 is 0 Å². The summed E-state index contributed by atoms with van der Waals surface area (Å²) < 4.78 is 5.14. The molecule has 0 aliphatic carbocycles. The molecule has 4 rings (SSSR count). The van der Waals surface area contributed by atoms with Crippen molar-refractivity contribution >= 4 is 28.5 Å². The van der Waals surface area contributed by atoms with E-state index in [1.54, 1.807) is 13.3 Å². The highest BCUT2D eigenvalue weighted by Gasteiger charge is 2.17. The highest BCUT2D eigenvalue weighted by atomic mass is 16.5. The van der Waals surface area contributed by atoms with Crippen LogP contribution in [0.15, 0.2) is 70.8 Å². The molecule has 3 aromatic carbocycles. The van der Waals surface area contributed by atoms with Crippen molar-refractivity contribution < 1.29 is 4.74 Å². The summed E-state index contributed by atoms with van der Waals surface area (Å²) >= 11 is 0. The fourth-order valence-corrected chi connectivity index (χ4v) is 2.74. The third kappa shape index (κ3) is 2.44. The van der Waals surface area contributed by atoms with Crippen LogP contribution >= 0.6 is 0 Å². The molecule has 1 N–H and O–H groups in total. The molecule has 1 heterocycles. The summed E-state index contributed by atoms with van der Waals surface area (Å²) in [4.78, 5) is 4.63. The predicted molar refractivity (Wildman–Crippen MR) is 93.9 cm³/mol. The lowest BCUT2D eigenvalue weighted by atomic mass is 10.0. The molecule has 4 heteroatoms. The van der Waals surface area contributed by atoms with Gasteiger partial charge in [0, 0.05) is 10.9 Å². The monoisotopic (exact) mass is 301 g/mol. The molecule has 1 aliphatic heterocycles. The number of ether oxygens (including phenoxy) is 1. The summed E-state index contributed by atoms with van der Waals surface area (Å²) in [5, 5.41) is 6.67. The van der Waals surface area contributed by atoms with Gasteiger partial charge in [-0.25, -0.2) is 4.99 Å². The first-order chi connectivity index (χ1) is 11.3. The van der Waals surface area contributed by atoms with E-state index in [0.717, 1.165) is 28.4 Å². The smallest absolute Gasteiger partial charge is 0.154 e. The minimum atomic E-state index is 0.779. The van der Waals surface area contributed by atoms with Gasteiger partial charge in [-0.2, -0.15) is 5.10 Å². The third-order valence-corrected chi connectivity index (χ3v) is 3.87. The van der Waals surface area contributed by atoms with E-state index in [1.807, 2.05) is 42.5 Å². The number of rotatable bonds is 3. The minimum Gasteiger partial charge on any atom is -0.497 e. The zero-order chi connectivity index (χ0) is 15.6. The Balaban J connectivity index is 1.56. The Morgan fingerprint density at radius 3 is 2.57 bits per heavy atom. The van der Waals surface area contributed by atoms with E-state index in [4.69, 9.17) is 4.74 Å². The Hall–Kier alpha value is -3.14. The Bertz CT molecular complexity index is 922. The topological polar surface area (TPSA) is 46.0 Å². The predicted octanol–water partition coefficient (Wildman–Crippen LogP) is 3.86. The molecule has 0 unspecified atom stereocenters. The van der Waals surface area contributed by atoms with Crippen molar-refractivity contribution in [3.8, 4) is 5.75 Å². The van der Waals surface area contributed by atoms with E-state index in [2.05, 4.69) is 33.7 Å². The van der Waals surface area contributed by atoms with Crippen molar-refractivity contribution in [1.82, 2.24) is 5.43 Å². The molecular weight excluding hydrogens is 286 g/mol. The lowest BCUT2D eigenvalue weighted by molar-refractivity contribution is 0.415. The first-order valence-electron chi connectivity index (χ1n) is 7.39. The third-order valence-electron chi connectivity index (χ3n) is 3.87. The van der Waals surface area contributed by atoms with Crippen LogP contribution in [-0.4, -0.2) is 19.2 Å². The van der Waals surface area contributed by atoms with E-state index in [0.29, 0.717) is 0 Å². The molecular formula is C19H15N3O. The number of aliphatic imine (C=N–C) groups is 1. The van der Waals surface area contributed by atoms with Gasteiger partial charge in [0.25, 0.3) is 0 Å². The summed E-state index contributed by atoms with van der Waals surface area (Å²) in [6.07, 6.45) is 1.77. The molecule has 112 valence electrons. The minimum absolute atomic E-state index is 0.779. The van der Waals surface area contributed by atoms with Gasteiger partial charge >= 0.3 is 0 Å². The molecule has 0 fully saturated rings. The van der Waals surface area contributed by atoms with Crippen LogP contribution in [0.4, 0.5) is 5.69 Å². The number of benzene rings is 3. The number of nitrogens with one attached hydrogen (secondary N) is 1. The number of amidine groups is 1. The van der Waals surface area contributed by atoms with Gasteiger partial charge < -0.3 is 4.74 Å². The van der Waals surface area contributed by atoms with Crippen molar-refractivity contribution in [2.24, 2.45) is 10.1 Å². The summed E-state index contributed by atoms with van der Waals surface area (Å²) in [7, 11) is 1.65. The van der Waals surface area contributed by atoms with Crippen molar-refractivity contribution in [3.05, 3.63) is 71.8 Å². The molecule has 0 saturated carbocycles. The molecule has 1 aliphatic rings. The maximum Gasteiger partial charge on any atom is 0.154 e. The Kier molecular flexibility index (Phi) is 3.27. The molecule has 0 atom stereocenters. The van der Waals surface area contributed by atoms with E-state index in [1.165, 1.54) is 10.8 Å². The molecule has 0 bridgehead atoms. The average Bonchev–Trinajstić information content (AvgIpc) is 2.96. The van der Waals surface area contributed by atoms with Gasteiger partial charge in [0.15, 0.2) is 5.84 Å². The fourth-order valence-electron chi connectivity index (χ4n) is 2.74. The first-order valence-corrected chi connectivity index (χ1v) is 7.39. The lowest BCUT2D eigenvalue weighted by Gasteiger charge is -2.03. The summed E-state index contributed by atoms with van der Waals surface area (Å²) in [6, 6.07) is 20.1. The maximum absolute atomic E-state index is 5.14. The largest absolute Gasteiger partial charge is 0.497 e. The number of methoxy groups -OCH3 is 1. The number of hydrogen-bond acceptors (Lipinski definition) is 4. The van der Waals surface area contributed by atoms with Gasteiger partial charge in [0.1, 0.15) is 5.75 Å². The zero-order valence-electron chi connectivity index (χ0n) is 12.7. The second-order valence-electron chi connectivity index (χ2n) is 5.28. The van der Waals surface area contributed by atoms with Crippen LogP contribution < -0.4 is 10.2 Å². The molecule has 0 radical (unpaired) electrons. The summed E-state index contributed by atoms with van der Waals surface area (Å²) in [5.41, 5.74) is 6.12. The van der Waals surface area contributed by atoms with Crippen molar-refractivity contribution in [1.29, 1.82) is 0 Å². The van der Waals surface area contributed by atoms with Crippen molar-refractivity contribution in [2.75, 3.05) is 7.11 Å². The lowest BCUT2D eigenvalue weighted by Crippen LogP contribution is -2.17. The van der Waals surface area contributed by atoms with Crippen LogP contribution in [0.3, 0.4) is 0 Å². The average molecular weight is 301 g/mol. The molecule has 3 aromatic rings. The highest BCUT2D eigenvalue weighted by Crippen LogP contribution is 2.34. The Morgan fingerprint density at radius 1 is 1.00 bits per heavy atom. The van der Waals surface area contributed by atoms with Crippen LogP contribution in [-0.2, 0) is 0 Å². The second kappa shape index (κ2) is 5.57. The van der Waals surface area contributed by atoms with Gasteiger partial charge in [0.2, 0.25) is 0 Å². The van der Waals surface area contributed by atoms with E-state index in [-0.39, 0.29) is 0 Å². The number of hydrogen-bond donors (Lipinski definition) is 1. The molecule has 4 nitrogen and oxygen atoms in total. The van der Waals surface area contributed by atoms with Crippen molar-refractivity contribution in [3.63, 3.8) is 0 Å². The van der Waals surface area contributed by atoms with Crippen LogP contribution in [0.1, 0.15) is 11.1 Å². The van der Waals surface area contributed by atoms with Gasteiger partial charge in [-0.3, -0.25) is 5.43 Å². The van der Waals surface area contributed by atoms with Crippen LogP contribution in [0.5, 0.6) is 5.75 Å². The van der Waals surface area contributed by atoms with Gasteiger partial charge in [0.05, 0.1) is 19.0 Å². The van der Waals surface area contributed by atoms with Gasteiger partial charge in [-0.05, 0) is 41.3 Å². The normalized spacial score (nSPS) is 12.7. The van der Waals surface area contributed by atoms with Crippen LogP contribution in [0, 0.1) is 0 Å². The molecule has 23 heavy (non-hydrogen) atoms.